The van der Waals surface area contributed by atoms with E-state index >= 15 is 0 Å². The van der Waals surface area contributed by atoms with Crippen LogP contribution in [0.3, 0.4) is 0 Å². The molecule has 0 aromatic carbocycles. The van der Waals surface area contributed by atoms with Gasteiger partial charge in [-0.2, -0.15) is 13.7 Å². The molecule has 0 spiro atoms. The minimum Gasteiger partial charge on any atom is -0.359 e. The Bertz CT molecular complexity index is 702. The molecule has 1 aromatic heterocycles. The van der Waals surface area contributed by atoms with Crippen LogP contribution in [0.2, 0.25) is 0 Å². The molecule has 122 valence electrons. The molecule has 1 heterocycles. The van der Waals surface area contributed by atoms with Crippen molar-refractivity contribution in [3.8, 4) is 11.9 Å². The second kappa shape index (κ2) is 6.36. The Labute approximate surface area is 130 Å². The largest absolute Gasteiger partial charge is 0.359 e. The maximum atomic E-state index is 12.4. The van der Waals surface area contributed by atoms with Crippen molar-refractivity contribution in [1.82, 2.24) is 15.1 Å². The zero-order valence-electron chi connectivity index (χ0n) is 13.2. The van der Waals surface area contributed by atoms with Gasteiger partial charge < -0.3 is 9.50 Å². The molecule has 0 saturated carbocycles. The average molecular weight is 328 g/mol. The average Bonchev–Trinajstić information content (AvgIpc) is 2.74. The molecule has 0 saturated heterocycles. The van der Waals surface area contributed by atoms with Gasteiger partial charge in [-0.25, -0.2) is 0 Å². The van der Waals surface area contributed by atoms with Gasteiger partial charge in [-0.3, -0.25) is 9.48 Å². The monoisotopic (exact) mass is 328 g/mol. The van der Waals surface area contributed by atoms with Gasteiger partial charge in [0.2, 0.25) is 0 Å². The van der Waals surface area contributed by atoms with Crippen molar-refractivity contribution < 1.29 is 17.4 Å². The van der Waals surface area contributed by atoms with Crippen LogP contribution in [0.25, 0.3) is 0 Å². The molecular weight excluding hydrogens is 308 g/mol. The highest BCUT2D eigenvalue weighted by Crippen LogP contribution is 2.23. The lowest BCUT2D eigenvalue weighted by Crippen LogP contribution is -2.50. The molecule has 0 bridgehead atoms. The highest BCUT2D eigenvalue weighted by atomic mass is 32.2. The topological polar surface area (TPSA) is 114 Å². The predicted octanol–water partition coefficient (Wildman–Crippen LogP) is 0.817. The Morgan fingerprint density at radius 3 is 2.59 bits per heavy atom. The summed E-state index contributed by atoms with van der Waals surface area (Å²) in [6.45, 7) is 5.44. The van der Waals surface area contributed by atoms with Crippen molar-refractivity contribution in [3.05, 3.63) is 11.8 Å². The summed E-state index contributed by atoms with van der Waals surface area (Å²) in [5.41, 5.74) is -1.09. The molecule has 1 aromatic rings. The summed E-state index contributed by atoms with van der Waals surface area (Å²) in [5.74, 6) is -1.04. The first kappa shape index (κ1) is 18.0. The lowest BCUT2D eigenvalue weighted by molar-refractivity contribution is 0.0895. The molecule has 8 nitrogen and oxygen atoms in total. The van der Waals surface area contributed by atoms with Crippen LogP contribution in [0.5, 0.6) is 5.88 Å². The lowest BCUT2D eigenvalue weighted by atomic mass is 9.85. The van der Waals surface area contributed by atoms with Crippen LogP contribution in [0.15, 0.2) is 6.20 Å². The van der Waals surface area contributed by atoms with E-state index in [2.05, 4.69) is 16.5 Å². The molecule has 1 amide bonds. The van der Waals surface area contributed by atoms with Crippen LogP contribution in [0.1, 0.15) is 37.6 Å². The summed E-state index contributed by atoms with van der Waals surface area (Å²) >= 11 is 0. The fourth-order valence-electron chi connectivity index (χ4n) is 1.98. The Kier molecular flexibility index (Phi) is 5.19. The van der Waals surface area contributed by atoms with E-state index in [1.54, 1.807) is 6.92 Å². The first-order valence-corrected chi connectivity index (χ1v) is 8.53. The Hall–Kier alpha value is -2.08. The third kappa shape index (κ3) is 3.98. The minimum absolute atomic E-state index is 0.0401. The predicted molar refractivity (Wildman–Crippen MR) is 79.6 cm³/mol. The second-order valence-electron chi connectivity index (χ2n) is 5.35. The molecule has 1 rings (SSSR count). The van der Waals surface area contributed by atoms with Crippen molar-refractivity contribution in [1.29, 1.82) is 5.26 Å². The number of nitrogens with one attached hydrogen (secondary N) is 1. The van der Waals surface area contributed by atoms with Crippen LogP contribution >= 0.6 is 0 Å². The number of hydrogen-bond donors (Lipinski definition) is 1. The minimum atomic E-state index is -3.81. The fourth-order valence-corrected chi connectivity index (χ4v) is 2.39. The number of hydrogen-bond acceptors (Lipinski definition) is 6. The Balaban J connectivity index is 3.17. The van der Waals surface area contributed by atoms with E-state index < -0.39 is 21.6 Å². The summed E-state index contributed by atoms with van der Waals surface area (Å²) in [4.78, 5) is 12.4. The first-order valence-electron chi connectivity index (χ1n) is 6.71. The number of carbonyl (C=O) groups is 1. The summed E-state index contributed by atoms with van der Waals surface area (Å²) in [5, 5.41) is 15.9. The Morgan fingerprint density at radius 2 is 2.18 bits per heavy atom. The standard InChI is InChI=1S/C13H20N4O4S/c1-6-13(8-14,9(2)3)15-11(18)10-7-17(4)16-12(10)21-22(5,19)20/h7,9H,6H2,1-5H3,(H,15,18). The van der Waals surface area contributed by atoms with Gasteiger partial charge in [0.15, 0.2) is 0 Å². The molecule has 1 unspecified atom stereocenters. The SMILES string of the molecule is CCC(C#N)(NC(=O)c1cn(C)nc1OS(C)(=O)=O)C(C)C. The molecule has 0 aliphatic heterocycles. The van der Waals surface area contributed by atoms with E-state index in [1.807, 2.05) is 13.8 Å². The smallest absolute Gasteiger partial charge is 0.307 e. The van der Waals surface area contributed by atoms with E-state index in [1.165, 1.54) is 17.9 Å². The molecular formula is C13H20N4O4S. The van der Waals surface area contributed by atoms with E-state index in [4.69, 9.17) is 4.18 Å². The van der Waals surface area contributed by atoms with Gasteiger partial charge in [-0.15, -0.1) is 5.10 Å². The fraction of sp³-hybridized carbons (Fsp3) is 0.615. The number of carbonyl (C=O) groups excluding carboxylic acids is 1. The third-order valence-electron chi connectivity index (χ3n) is 3.35. The maximum Gasteiger partial charge on any atom is 0.307 e. The van der Waals surface area contributed by atoms with Gasteiger partial charge >= 0.3 is 10.1 Å². The summed E-state index contributed by atoms with van der Waals surface area (Å²) in [6.07, 6.45) is 2.62. The number of aryl methyl sites for hydroxylation is 1. The zero-order valence-corrected chi connectivity index (χ0v) is 14.1. The van der Waals surface area contributed by atoms with Crippen molar-refractivity contribution in [2.75, 3.05) is 6.26 Å². The summed E-state index contributed by atoms with van der Waals surface area (Å²) in [7, 11) is -2.28. The van der Waals surface area contributed by atoms with E-state index in [-0.39, 0.29) is 17.4 Å². The molecule has 0 fully saturated rings. The quantitative estimate of drug-likeness (QED) is 0.773. The highest BCUT2D eigenvalue weighted by molar-refractivity contribution is 7.86. The number of rotatable bonds is 6. The van der Waals surface area contributed by atoms with Gasteiger partial charge in [0.05, 0.1) is 12.3 Å². The Morgan fingerprint density at radius 1 is 1.59 bits per heavy atom. The molecule has 22 heavy (non-hydrogen) atoms. The normalized spacial score (nSPS) is 14.2. The number of amides is 1. The van der Waals surface area contributed by atoms with Crippen LogP contribution in [-0.2, 0) is 17.2 Å². The van der Waals surface area contributed by atoms with E-state index in [0.717, 1.165) is 6.26 Å². The summed E-state index contributed by atoms with van der Waals surface area (Å²) in [6, 6.07) is 2.12. The summed E-state index contributed by atoms with van der Waals surface area (Å²) < 4.78 is 28.5. The van der Waals surface area contributed by atoms with Gasteiger partial charge in [-0.1, -0.05) is 20.8 Å². The van der Waals surface area contributed by atoms with Crippen molar-refractivity contribution in [3.63, 3.8) is 0 Å². The number of nitrogens with zero attached hydrogens (tertiary/aromatic N) is 3. The molecule has 0 aliphatic carbocycles. The van der Waals surface area contributed by atoms with Crippen LogP contribution in [0.4, 0.5) is 0 Å². The van der Waals surface area contributed by atoms with Crippen molar-refractivity contribution in [2.45, 2.75) is 32.7 Å². The van der Waals surface area contributed by atoms with Gasteiger partial charge in [0.25, 0.3) is 11.8 Å². The lowest BCUT2D eigenvalue weighted by Gasteiger charge is -2.30. The van der Waals surface area contributed by atoms with Gasteiger partial charge in [0, 0.05) is 13.2 Å². The van der Waals surface area contributed by atoms with Gasteiger partial charge in [0.1, 0.15) is 11.1 Å². The first-order chi connectivity index (χ1) is 10.0. The molecule has 1 N–H and O–H groups in total. The van der Waals surface area contributed by atoms with Crippen LogP contribution in [0, 0.1) is 17.2 Å². The molecule has 1 atom stereocenters. The van der Waals surface area contributed by atoms with Crippen molar-refractivity contribution in [2.24, 2.45) is 13.0 Å². The van der Waals surface area contributed by atoms with E-state index in [0.29, 0.717) is 6.42 Å². The maximum absolute atomic E-state index is 12.4. The van der Waals surface area contributed by atoms with Gasteiger partial charge in [-0.05, 0) is 12.3 Å². The third-order valence-corrected chi connectivity index (χ3v) is 3.81. The second-order valence-corrected chi connectivity index (χ2v) is 6.93. The molecule has 0 radical (unpaired) electrons. The van der Waals surface area contributed by atoms with Crippen molar-refractivity contribution >= 4 is 16.0 Å². The zero-order chi connectivity index (χ0) is 17.1. The van der Waals surface area contributed by atoms with E-state index in [9.17, 15) is 18.5 Å². The van der Waals surface area contributed by atoms with Crippen LogP contribution in [-0.4, -0.2) is 35.9 Å². The number of aromatic nitrogens is 2. The molecule has 0 aliphatic rings. The molecule has 9 heteroatoms. The highest BCUT2D eigenvalue weighted by Gasteiger charge is 2.35. The van der Waals surface area contributed by atoms with Crippen LogP contribution < -0.4 is 9.50 Å². The number of nitriles is 1.